The average molecular weight is 456 g/mol. The molecule has 7 heteroatoms. The third-order valence-electron chi connectivity index (χ3n) is 6.22. The number of likely N-dealkylation sites (N-methyl/N-ethyl adjacent to an activating group) is 1. The third-order valence-corrected chi connectivity index (χ3v) is 6.22. The van der Waals surface area contributed by atoms with Gasteiger partial charge in [0.25, 0.3) is 0 Å². The lowest BCUT2D eigenvalue weighted by Crippen LogP contribution is -2.44. The third kappa shape index (κ3) is 4.75. The van der Waals surface area contributed by atoms with Crippen LogP contribution in [0.3, 0.4) is 0 Å². The number of hydrogen-bond donors (Lipinski definition) is 1. The topological polar surface area (TPSA) is 66.5 Å². The molecule has 1 aliphatic heterocycles. The van der Waals surface area contributed by atoms with Crippen molar-refractivity contribution in [1.82, 2.24) is 19.9 Å². The van der Waals surface area contributed by atoms with Crippen LogP contribution >= 0.6 is 0 Å². The molecule has 1 fully saturated rings. The largest absolute Gasteiger partial charge is 0.497 e. The molecule has 2 aromatic heterocycles. The monoisotopic (exact) mass is 455 g/mol. The molecule has 0 spiro atoms. The smallest absolute Gasteiger partial charge is 0.156 e. The van der Waals surface area contributed by atoms with Crippen LogP contribution in [0.5, 0.6) is 11.5 Å². The maximum Gasteiger partial charge on any atom is 0.156 e. The van der Waals surface area contributed by atoms with E-state index in [1.807, 2.05) is 30.4 Å². The fraction of sp³-hybridized carbons (Fsp3) is 0.259. The van der Waals surface area contributed by atoms with Crippen molar-refractivity contribution in [1.29, 1.82) is 0 Å². The highest BCUT2D eigenvalue weighted by Gasteiger charge is 2.14. The quantitative estimate of drug-likeness (QED) is 0.460. The summed E-state index contributed by atoms with van der Waals surface area (Å²) >= 11 is 0. The molecular formula is C27H29N5O2. The van der Waals surface area contributed by atoms with Gasteiger partial charge in [-0.2, -0.15) is 0 Å². The predicted molar refractivity (Wildman–Crippen MR) is 138 cm³/mol. The number of nitrogens with one attached hydrogen (secondary N) is 1. The number of benzene rings is 2. The Morgan fingerprint density at radius 1 is 0.882 bits per heavy atom. The standard InChI is InChI=1S/C27H29N5O2/c1-31-10-12-32(13-11-31)22-8-5-20(6-9-22)25-17-26-27(30-25)28-18-21(29-26)7-4-19-14-23(33-2)16-24(15-19)34-3/h4-9,14-18H,10-13H2,1-3H3,(H,28,30)/b7-4+. The molecule has 0 aliphatic carbocycles. The molecule has 0 radical (unpaired) electrons. The van der Waals surface area contributed by atoms with Gasteiger partial charge in [0.2, 0.25) is 0 Å². The first-order valence-electron chi connectivity index (χ1n) is 11.4. The molecule has 0 saturated carbocycles. The summed E-state index contributed by atoms with van der Waals surface area (Å²) in [6, 6.07) is 16.5. The van der Waals surface area contributed by atoms with E-state index in [0.29, 0.717) is 0 Å². The summed E-state index contributed by atoms with van der Waals surface area (Å²) in [5.41, 5.74) is 6.77. The van der Waals surface area contributed by atoms with E-state index in [1.54, 1.807) is 20.4 Å². The molecule has 0 unspecified atom stereocenters. The molecule has 7 nitrogen and oxygen atoms in total. The lowest BCUT2D eigenvalue weighted by atomic mass is 10.1. The van der Waals surface area contributed by atoms with Crippen LogP contribution < -0.4 is 14.4 Å². The first kappa shape index (κ1) is 22.0. The lowest BCUT2D eigenvalue weighted by Gasteiger charge is -2.34. The van der Waals surface area contributed by atoms with Crippen molar-refractivity contribution in [3.8, 4) is 22.8 Å². The molecule has 3 heterocycles. The van der Waals surface area contributed by atoms with E-state index in [-0.39, 0.29) is 0 Å². The number of ether oxygens (including phenoxy) is 2. The van der Waals surface area contributed by atoms with Crippen molar-refractivity contribution < 1.29 is 9.47 Å². The van der Waals surface area contributed by atoms with Gasteiger partial charge < -0.3 is 24.3 Å². The second-order valence-electron chi connectivity index (χ2n) is 8.53. The van der Waals surface area contributed by atoms with E-state index in [0.717, 1.165) is 71.4 Å². The van der Waals surface area contributed by atoms with Gasteiger partial charge in [0.1, 0.15) is 17.0 Å². The van der Waals surface area contributed by atoms with Crippen LogP contribution in [0.25, 0.3) is 34.6 Å². The minimum Gasteiger partial charge on any atom is -0.497 e. The second-order valence-corrected chi connectivity index (χ2v) is 8.53. The average Bonchev–Trinajstić information content (AvgIpc) is 3.31. The molecule has 0 atom stereocenters. The van der Waals surface area contributed by atoms with Crippen LogP contribution in [0.2, 0.25) is 0 Å². The molecule has 4 aromatic rings. The van der Waals surface area contributed by atoms with Gasteiger partial charge >= 0.3 is 0 Å². The van der Waals surface area contributed by atoms with E-state index in [4.69, 9.17) is 14.5 Å². The number of piperazine rings is 1. The van der Waals surface area contributed by atoms with Crippen LogP contribution in [0, 0.1) is 0 Å². The lowest BCUT2D eigenvalue weighted by molar-refractivity contribution is 0.313. The predicted octanol–water partition coefficient (Wildman–Crippen LogP) is 4.56. The van der Waals surface area contributed by atoms with E-state index >= 15 is 0 Å². The van der Waals surface area contributed by atoms with E-state index in [9.17, 15) is 0 Å². The summed E-state index contributed by atoms with van der Waals surface area (Å²) in [7, 11) is 5.46. The van der Waals surface area contributed by atoms with Gasteiger partial charge in [-0.15, -0.1) is 0 Å². The van der Waals surface area contributed by atoms with Gasteiger partial charge in [0.05, 0.1) is 26.1 Å². The van der Waals surface area contributed by atoms with Crippen LogP contribution in [0.4, 0.5) is 5.69 Å². The molecule has 1 N–H and O–H groups in total. The van der Waals surface area contributed by atoms with Crippen LogP contribution in [0.1, 0.15) is 11.3 Å². The van der Waals surface area contributed by atoms with Crippen molar-refractivity contribution in [3.63, 3.8) is 0 Å². The molecule has 1 aliphatic rings. The molecule has 5 rings (SSSR count). The number of hydrogen-bond acceptors (Lipinski definition) is 6. The second kappa shape index (κ2) is 9.57. The SMILES string of the molecule is COc1cc(/C=C/c2cnc3[nH]c(-c4ccc(N5CCN(C)CC5)cc4)cc3n2)cc(OC)c1. The number of aromatic nitrogens is 3. The van der Waals surface area contributed by atoms with Gasteiger partial charge in [-0.25, -0.2) is 9.97 Å². The van der Waals surface area contributed by atoms with Gasteiger partial charge in [-0.3, -0.25) is 0 Å². The summed E-state index contributed by atoms with van der Waals surface area (Å²) in [4.78, 5) is 17.5. The first-order valence-corrected chi connectivity index (χ1v) is 11.4. The normalized spacial score (nSPS) is 14.7. The summed E-state index contributed by atoms with van der Waals surface area (Å²) in [6.45, 7) is 4.33. The zero-order valence-electron chi connectivity index (χ0n) is 19.8. The van der Waals surface area contributed by atoms with E-state index in [2.05, 4.69) is 57.1 Å². The van der Waals surface area contributed by atoms with Gasteiger partial charge in [-0.1, -0.05) is 18.2 Å². The van der Waals surface area contributed by atoms with Gasteiger partial charge in [-0.05, 0) is 54.6 Å². The van der Waals surface area contributed by atoms with Crippen molar-refractivity contribution >= 4 is 29.0 Å². The van der Waals surface area contributed by atoms with Gasteiger partial charge in [0.15, 0.2) is 5.65 Å². The van der Waals surface area contributed by atoms with Gasteiger partial charge in [0, 0.05) is 43.6 Å². The zero-order chi connectivity index (χ0) is 23.5. The Bertz CT molecular complexity index is 1280. The summed E-state index contributed by atoms with van der Waals surface area (Å²) in [6.07, 6.45) is 5.69. The summed E-state index contributed by atoms with van der Waals surface area (Å²) in [5, 5.41) is 0. The first-order chi connectivity index (χ1) is 16.6. The zero-order valence-corrected chi connectivity index (χ0v) is 19.8. The van der Waals surface area contributed by atoms with Crippen LogP contribution in [0.15, 0.2) is 54.7 Å². The van der Waals surface area contributed by atoms with E-state index < -0.39 is 0 Å². The Hall–Kier alpha value is -3.84. The fourth-order valence-corrected chi connectivity index (χ4v) is 4.17. The fourth-order valence-electron chi connectivity index (χ4n) is 4.17. The van der Waals surface area contributed by atoms with Crippen molar-refractivity contribution in [2.24, 2.45) is 0 Å². The summed E-state index contributed by atoms with van der Waals surface area (Å²) < 4.78 is 10.7. The Morgan fingerprint density at radius 2 is 1.59 bits per heavy atom. The minimum atomic E-state index is 0.745. The van der Waals surface area contributed by atoms with E-state index in [1.165, 1.54) is 5.69 Å². The molecule has 2 aromatic carbocycles. The number of anilines is 1. The number of rotatable bonds is 6. The maximum atomic E-state index is 5.35. The Morgan fingerprint density at radius 3 is 2.26 bits per heavy atom. The van der Waals surface area contributed by atoms with Crippen LogP contribution in [-0.4, -0.2) is 67.3 Å². The Balaban J connectivity index is 1.34. The van der Waals surface area contributed by atoms with Crippen molar-refractivity contribution in [2.75, 3.05) is 52.3 Å². The Kier molecular flexibility index (Phi) is 6.18. The van der Waals surface area contributed by atoms with Crippen LogP contribution in [-0.2, 0) is 0 Å². The summed E-state index contributed by atoms with van der Waals surface area (Å²) in [5.74, 6) is 1.49. The molecular weight excluding hydrogens is 426 g/mol. The highest BCUT2D eigenvalue weighted by Crippen LogP contribution is 2.26. The Labute approximate surface area is 199 Å². The molecule has 34 heavy (non-hydrogen) atoms. The number of nitrogens with zero attached hydrogens (tertiary/aromatic N) is 4. The number of aromatic amines is 1. The molecule has 0 bridgehead atoms. The number of methoxy groups -OCH3 is 2. The van der Waals surface area contributed by atoms with Crippen molar-refractivity contribution in [3.05, 3.63) is 66.0 Å². The number of fused-ring (bicyclic) bond motifs is 1. The number of H-pyrrole nitrogens is 1. The maximum absolute atomic E-state index is 5.35. The minimum absolute atomic E-state index is 0.745. The highest BCUT2D eigenvalue weighted by molar-refractivity contribution is 5.81. The highest BCUT2D eigenvalue weighted by atomic mass is 16.5. The molecule has 1 saturated heterocycles. The molecule has 174 valence electrons. The van der Waals surface area contributed by atoms with Crippen molar-refractivity contribution in [2.45, 2.75) is 0 Å². The molecule has 0 amide bonds.